The second-order valence-electron chi connectivity index (χ2n) is 4.56. The van der Waals surface area contributed by atoms with Crippen molar-refractivity contribution >= 4 is 0 Å². The molecule has 0 amide bonds. The van der Waals surface area contributed by atoms with Gasteiger partial charge in [0.1, 0.15) is 11.6 Å². The number of hydrogen-bond donors (Lipinski definition) is 1. The van der Waals surface area contributed by atoms with E-state index in [0.29, 0.717) is 23.2 Å². The van der Waals surface area contributed by atoms with Gasteiger partial charge in [-0.2, -0.15) is 0 Å². The summed E-state index contributed by atoms with van der Waals surface area (Å²) in [5.41, 5.74) is 2.63. The van der Waals surface area contributed by atoms with Crippen molar-refractivity contribution in [3.8, 4) is 11.1 Å². The Bertz CT molecular complexity index is 579. The maximum atomic E-state index is 14.1. The Kier molecular flexibility index (Phi) is 4.27. The summed E-state index contributed by atoms with van der Waals surface area (Å²) in [6.45, 7) is 5.18. The smallest absolute Gasteiger partial charge is 0.131 e. The van der Waals surface area contributed by atoms with Crippen LogP contribution in [-0.4, -0.2) is 6.54 Å². The van der Waals surface area contributed by atoms with Crippen LogP contribution in [0, 0.1) is 18.6 Å². The lowest BCUT2D eigenvalue weighted by Gasteiger charge is -2.08. The monoisotopic (exact) mass is 261 g/mol. The molecule has 0 saturated heterocycles. The Morgan fingerprint density at radius 2 is 1.79 bits per heavy atom. The highest BCUT2D eigenvalue weighted by Crippen LogP contribution is 2.25. The molecular formula is C16H17F2N. The normalized spacial score (nSPS) is 10.7. The molecule has 0 aliphatic carbocycles. The van der Waals surface area contributed by atoms with Gasteiger partial charge in [-0.1, -0.05) is 25.1 Å². The van der Waals surface area contributed by atoms with Gasteiger partial charge in [-0.25, -0.2) is 8.78 Å². The minimum atomic E-state index is -0.276. The Balaban J connectivity index is 2.32. The van der Waals surface area contributed by atoms with Gasteiger partial charge in [0.25, 0.3) is 0 Å². The first-order valence-corrected chi connectivity index (χ1v) is 6.37. The minimum Gasteiger partial charge on any atom is -0.313 e. The molecule has 0 atom stereocenters. The maximum Gasteiger partial charge on any atom is 0.131 e. The minimum absolute atomic E-state index is 0.270. The molecule has 0 aliphatic rings. The number of aryl methyl sites for hydroxylation is 1. The molecule has 19 heavy (non-hydrogen) atoms. The lowest BCUT2D eigenvalue weighted by atomic mass is 10.0. The Labute approximate surface area is 112 Å². The van der Waals surface area contributed by atoms with E-state index in [2.05, 4.69) is 5.32 Å². The van der Waals surface area contributed by atoms with E-state index in [-0.39, 0.29) is 11.6 Å². The van der Waals surface area contributed by atoms with Gasteiger partial charge in [0.05, 0.1) is 0 Å². The van der Waals surface area contributed by atoms with E-state index in [9.17, 15) is 8.78 Å². The third-order valence-corrected chi connectivity index (χ3v) is 3.08. The second-order valence-corrected chi connectivity index (χ2v) is 4.56. The van der Waals surface area contributed by atoms with Crippen molar-refractivity contribution in [2.24, 2.45) is 0 Å². The van der Waals surface area contributed by atoms with Gasteiger partial charge in [0, 0.05) is 12.1 Å². The molecule has 2 aromatic rings. The second kappa shape index (κ2) is 5.93. The largest absolute Gasteiger partial charge is 0.313 e. The first-order valence-electron chi connectivity index (χ1n) is 6.37. The summed E-state index contributed by atoms with van der Waals surface area (Å²) in [5, 5.41) is 3.15. The molecule has 0 aromatic heterocycles. The Hall–Kier alpha value is -1.74. The molecule has 0 aliphatic heterocycles. The van der Waals surface area contributed by atoms with Crippen LogP contribution in [0.2, 0.25) is 0 Å². The Morgan fingerprint density at radius 3 is 2.42 bits per heavy atom. The zero-order chi connectivity index (χ0) is 13.8. The van der Waals surface area contributed by atoms with Gasteiger partial charge >= 0.3 is 0 Å². The van der Waals surface area contributed by atoms with Crippen LogP contribution in [0.3, 0.4) is 0 Å². The number of rotatable bonds is 4. The van der Waals surface area contributed by atoms with Crippen LogP contribution in [-0.2, 0) is 6.54 Å². The molecule has 0 unspecified atom stereocenters. The molecule has 1 nitrogen and oxygen atoms in total. The standard InChI is InChI=1S/C16H17F2N/c1-3-19-10-12-4-6-14(16(18)9-12)13-5-7-15(17)11(2)8-13/h4-9,19H,3,10H2,1-2H3. The van der Waals surface area contributed by atoms with Gasteiger partial charge < -0.3 is 5.32 Å². The molecule has 2 rings (SSSR count). The quantitative estimate of drug-likeness (QED) is 0.875. The summed E-state index contributed by atoms with van der Waals surface area (Å²) < 4.78 is 27.3. The molecule has 2 aromatic carbocycles. The summed E-state index contributed by atoms with van der Waals surface area (Å²) in [7, 11) is 0. The van der Waals surface area contributed by atoms with Crippen molar-refractivity contribution in [2.45, 2.75) is 20.4 Å². The van der Waals surface area contributed by atoms with Crippen LogP contribution in [0.1, 0.15) is 18.1 Å². The van der Waals surface area contributed by atoms with Crippen molar-refractivity contribution in [1.82, 2.24) is 5.32 Å². The van der Waals surface area contributed by atoms with E-state index in [1.165, 1.54) is 12.1 Å². The molecule has 0 fully saturated rings. The number of nitrogens with one attached hydrogen (secondary N) is 1. The highest BCUT2D eigenvalue weighted by Gasteiger charge is 2.07. The van der Waals surface area contributed by atoms with Crippen LogP contribution in [0.15, 0.2) is 36.4 Å². The van der Waals surface area contributed by atoms with Crippen LogP contribution in [0.5, 0.6) is 0 Å². The van der Waals surface area contributed by atoms with Gasteiger partial charge in [-0.3, -0.25) is 0 Å². The molecule has 100 valence electrons. The summed E-state index contributed by atoms with van der Waals surface area (Å²) in [5.74, 6) is -0.547. The van der Waals surface area contributed by atoms with Crippen molar-refractivity contribution in [3.63, 3.8) is 0 Å². The first kappa shape index (κ1) is 13.7. The molecule has 0 heterocycles. The zero-order valence-corrected chi connectivity index (χ0v) is 11.1. The van der Waals surface area contributed by atoms with E-state index < -0.39 is 0 Å². The van der Waals surface area contributed by atoms with E-state index >= 15 is 0 Å². The number of halogens is 2. The summed E-state index contributed by atoms with van der Waals surface area (Å²) in [6.07, 6.45) is 0. The zero-order valence-electron chi connectivity index (χ0n) is 11.1. The molecule has 0 spiro atoms. The van der Waals surface area contributed by atoms with Crippen LogP contribution >= 0.6 is 0 Å². The fraction of sp³-hybridized carbons (Fsp3) is 0.250. The van der Waals surface area contributed by atoms with Crippen LogP contribution in [0.25, 0.3) is 11.1 Å². The average molecular weight is 261 g/mol. The van der Waals surface area contributed by atoms with Crippen LogP contribution < -0.4 is 5.32 Å². The molecular weight excluding hydrogens is 244 g/mol. The van der Waals surface area contributed by atoms with Gasteiger partial charge in [0.15, 0.2) is 0 Å². The molecule has 0 bridgehead atoms. The predicted molar refractivity (Wildman–Crippen MR) is 73.9 cm³/mol. The summed E-state index contributed by atoms with van der Waals surface area (Å²) in [4.78, 5) is 0. The number of hydrogen-bond acceptors (Lipinski definition) is 1. The van der Waals surface area contributed by atoms with Crippen molar-refractivity contribution < 1.29 is 8.78 Å². The first-order chi connectivity index (χ1) is 9.11. The van der Waals surface area contributed by atoms with Crippen molar-refractivity contribution in [3.05, 3.63) is 59.2 Å². The SMILES string of the molecule is CCNCc1ccc(-c2ccc(F)c(C)c2)c(F)c1. The van der Waals surface area contributed by atoms with Gasteiger partial charge in [-0.15, -0.1) is 0 Å². The van der Waals surface area contributed by atoms with Crippen LogP contribution in [0.4, 0.5) is 8.78 Å². The third-order valence-electron chi connectivity index (χ3n) is 3.08. The van der Waals surface area contributed by atoms with E-state index in [4.69, 9.17) is 0 Å². The summed E-state index contributed by atoms with van der Waals surface area (Å²) >= 11 is 0. The van der Waals surface area contributed by atoms with E-state index in [1.54, 1.807) is 25.1 Å². The van der Waals surface area contributed by atoms with Crippen molar-refractivity contribution in [2.75, 3.05) is 6.54 Å². The molecule has 0 radical (unpaired) electrons. The van der Waals surface area contributed by atoms with E-state index in [0.717, 1.165) is 12.1 Å². The Morgan fingerprint density at radius 1 is 1.00 bits per heavy atom. The topological polar surface area (TPSA) is 12.0 Å². The fourth-order valence-corrected chi connectivity index (χ4v) is 1.98. The fourth-order valence-electron chi connectivity index (χ4n) is 1.98. The molecule has 3 heteroatoms. The lowest BCUT2D eigenvalue weighted by Crippen LogP contribution is -2.11. The molecule has 0 saturated carbocycles. The third kappa shape index (κ3) is 3.18. The van der Waals surface area contributed by atoms with Gasteiger partial charge in [-0.05, 0) is 48.4 Å². The van der Waals surface area contributed by atoms with E-state index in [1.807, 2.05) is 13.0 Å². The van der Waals surface area contributed by atoms with Gasteiger partial charge in [0.2, 0.25) is 0 Å². The highest BCUT2D eigenvalue weighted by atomic mass is 19.1. The number of benzene rings is 2. The lowest BCUT2D eigenvalue weighted by molar-refractivity contribution is 0.617. The maximum absolute atomic E-state index is 14.1. The summed E-state index contributed by atoms with van der Waals surface area (Å²) in [6, 6.07) is 9.80. The average Bonchev–Trinajstić information content (AvgIpc) is 2.40. The molecule has 1 N–H and O–H groups in total. The van der Waals surface area contributed by atoms with Crippen molar-refractivity contribution in [1.29, 1.82) is 0 Å². The highest BCUT2D eigenvalue weighted by molar-refractivity contribution is 5.65. The predicted octanol–water partition coefficient (Wildman–Crippen LogP) is 4.05.